The Morgan fingerprint density at radius 1 is 0.868 bits per heavy atom. The minimum Gasteiger partial charge on any atom is -0.325 e. The molecule has 13 heteroatoms. The first-order valence-corrected chi connectivity index (χ1v) is 14.4. The lowest BCUT2D eigenvalue weighted by molar-refractivity contribution is -0.114. The molecule has 3 aromatic carbocycles. The standard InChI is InChI=1S/C25H22ClN5O5S2/c1-18-15-16-27-25(28-18)30-37(33,34)22-13-9-20(10-14-22)29-24(32)17-31(21-11-7-19(26)8-12-21)38(35,36)23-5-3-2-4-6-23/h2-16H,17H2,1H3,(H,29,32)(H,27,28,30). The average Bonchev–Trinajstić information content (AvgIpc) is 2.88. The molecular formula is C25H22ClN5O5S2. The number of aryl methyl sites for hydroxylation is 1. The van der Waals surface area contributed by atoms with Crippen LogP contribution in [0, 0.1) is 6.92 Å². The Bertz CT molecular complexity index is 1650. The van der Waals surface area contributed by atoms with Crippen LogP contribution in [0.5, 0.6) is 0 Å². The molecule has 0 aliphatic rings. The fourth-order valence-electron chi connectivity index (χ4n) is 3.37. The molecule has 0 aliphatic heterocycles. The topological polar surface area (TPSA) is 138 Å². The van der Waals surface area contributed by atoms with E-state index in [0.29, 0.717) is 10.7 Å². The van der Waals surface area contributed by atoms with E-state index in [4.69, 9.17) is 11.6 Å². The minimum atomic E-state index is -4.08. The zero-order chi connectivity index (χ0) is 27.3. The number of aromatic nitrogens is 2. The first-order chi connectivity index (χ1) is 18.0. The molecule has 0 unspecified atom stereocenters. The van der Waals surface area contributed by atoms with Crippen molar-refractivity contribution in [2.45, 2.75) is 16.7 Å². The van der Waals surface area contributed by atoms with Crippen LogP contribution in [0.15, 0.2) is 101 Å². The van der Waals surface area contributed by atoms with E-state index in [1.165, 1.54) is 66.9 Å². The van der Waals surface area contributed by atoms with Crippen molar-refractivity contribution in [3.8, 4) is 0 Å². The van der Waals surface area contributed by atoms with Crippen LogP contribution in [-0.2, 0) is 24.8 Å². The summed E-state index contributed by atoms with van der Waals surface area (Å²) in [6.07, 6.45) is 1.43. The number of amides is 1. The molecule has 0 bridgehead atoms. The van der Waals surface area contributed by atoms with Crippen LogP contribution in [0.1, 0.15) is 5.69 Å². The van der Waals surface area contributed by atoms with E-state index in [2.05, 4.69) is 20.0 Å². The molecule has 0 aliphatic carbocycles. The monoisotopic (exact) mass is 571 g/mol. The molecule has 1 heterocycles. The zero-order valence-electron chi connectivity index (χ0n) is 19.9. The summed E-state index contributed by atoms with van der Waals surface area (Å²) < 4.78 is 55.3. The highest BCUT2D eigenvalue weighted by Crippen LogP contribution is 2.25. The number of carbonyl (C=O) groups is 1. The number of sulfonamides is 2. The summed E-state index contributed by atoms with van der Waals surface area (Å²) in [7, 11) is -8.05. The first-order valence-electron chi connectivity index (χ1n) is 11.1. The number of halogens is 1. The third-order valence-corrected chi connectivity index (χ3v) is 8.59. The van der Waals surface area contributed by atoms with E-state index in [1.807, 2.05) is 0 Å². The van der Waals surface area contributed by atoms with Gasteiger partial charge in [-0.1, -0.05) is 29.8 Å². The second-order valence-corrected chi connectivity index (χ2v) is 12.0. The van der Waals surface area contributed by atoms with E-state index in [0.717, 1.165) is 4.31 Å². The van der Waals surface area contributed by atoms with Gasteiger partial charge in [-0.15, -0.1) is 0 Å². The third-order valence-electron chi connectivity index (χ3n) is 5.20. The van der Waals surface area contributed by atoms with Crippen LogP contribution in [0.4, 0.5) is 17.3 Å². The lowest BCUT2D eigenvalue weighted by Gasteiger charge is -2.24. The number of hydrogen-bond donors (Lipinski definition) is 2. The quantitative estimate of drug-likeness (QED) is 0.309. The number of anilines is 3. The van der Waals surface area contributed by atoms with Crippen molar-refractivity contribution in [1.82, 2.24) is 9.97 Å². The van der Waals surface area contributed by atoms with Gasteiger partial charge in [-0.25, -0.2) is 31.5 Å². The van der Waals surface area contributed by atoms with Gasteiger partial charge in [0, 0.05) is 22.6 Å². The van der Waals surface area contributed by atoms with Crippen LogP contribution in [0.25, 0.3) is 0 Å². The second-order valence-electron chi connectivity index (χ2n) is 8.00. The summed E-state index contributed by atoms with van der Waals surface area (Å²) in [5.41, 5.74) is 1.12. The Morgan fingerprint density at radius 2 is 1.53 bits per heavy atom. The SMILES string of the molecule is Cc1ccnc(NS(=O)(=O)c2ccc(NC(=O)CN(c3ccc(Cl)cc3)S(=O)(=O)c3ccccc3)cc2)n1. The van der Waals surface area contributed by atoms with Gasteiger partial charge >= 0.3 is 0 Å². The van der Waals surface area contributed by atoms with Gasteiger partial charge in [0.2, 0.25) is 11.9 Å². The average molecular weight is 572 g/mol. The lowest BCUT2D eigenvalue weighted by atomic mass is 10.3. The smallest absolute Gasteiger partial charge is 0.264 e. The number of nitrogens with zero attached hydrogens (tertiary/aromatic N) is 3. The third kappa shape index (κ3) is 6.46. The maximum absolute atomic E-state index is 13.4. The van der Waals surface area contributed by atoms with E-state index >= 15 is 0 Å². The van der Waals surface area contributed by atoms with E-state index in [9.17, 15) is 21.6 Å². The Labute approximate surface area is 225 Å². The number of benzene rings is 3. The largest absolute Gasteiger partial charge is 0.325 e. The number of carbonyl (C=O) groups excluding carboxylic acids is 1. The molecule has 10 nitrogen and oxygen atoms in total. The Morgan fingerprint density at radius 3 is 2.16 bits per heavy atom. The maximum atomic E-state index is 13.4. The summed E-state index contributed by atoms with van der Waals surface area (Å²) in [5.74, 6) is -0.703. The van der Waals surface area contributed by atoms with Gasteiger partial charge in [0.05, 0.1) is 15.5 Å². The van der Waals surface area contributed by atoms with Gasteiger partial charge in [-0.3, -0.25) is 9.10 Å². The first kappa shape index (κ1) is 27.0. The molecule has 196 valence electrons. The highest BCUT2D eigenvalue weighted by molar-refractivity contribution is 7.93. The molecule has 1 amide bonds. The van der Waals surface area contributed by atoms with Gasteiger partial charge in [0.15, 0.2) is 0 Å². The molecule has 0 spiro atoms. The summed E-state index contributed by atoms with van der Waals surface area (Å²) >= 11 is 5.96. The van der Waals surface area contributed by atoms with Crippen molar-refractivity contribution in [2.24, 2.45) is 0 Å². The highest BCUT2D eigenvalue weighted by atomic mass is 35.5. The van der Waals surface area contributed by atoms with Crippen molar-refractivity contribution >= 4 is 54.9 Å². The van der Waals surface area contributed by atoms with Crippen LogP contribution >= 0.6 is 11.6 Å². The molecule has 4 aromatic rings. The van der Waals surface area contributed by atoms with Crippen LogP contribution in [-0.4, -0.2) is 39.3 Å². The maximum Gasteiger partial charge on any atom is 0.264 e. The lowest BCUT2D eigenvalue weighted by Crippen LogP contribution is -2.38. The number of nitrogens with one attached hydrogen (secondary N) is 2. The molecule has 0 saturated heterocycles. The Balaban J connectivity index is 1.52. The van der Waals surface area contributed by atoms with Crippen molar-refractivity contribution in [3.05, 3.63) is 102 Å². The fraction of sp³-hybridized carbons (Fsp3) is 0.0800. The van der Waals surface area contributed by atoms with E-state index in [-0.39, 0.29) is 27.1 Å². The van der Waals surface area contributed by atoms with Crippen LogP contribution in [0.3, 0.4) is 0 Å². The van der Waals surface area contributed by atoms with Gasteiger partial charge in [-0.05, 0) is 73.7 Å². The summed E-state index contributed by atoms with van der Waals surface area (Å²) in [6, 6.07) is 20.8. The molecular weight excluding hydrogens is 550 g/mol. The van der Waals surface area contributed by atoms with Crippen molar-refractivity contribution in [1.29, 1.82) is 0 Å². The molecule has 2 N–H and O–H groups in total. The van der Waals surface area contributed by atoms with Crippen LogP contribution < -0.4 is 14.3 Å². The second kappa shape index (κ2) is 11.2. The molecule has 4 rings (SSSR count). The van der Waals surface area contributed by atoms with Crippen LogP contribution in [0.2, 0.25) is 5.02 Å². The number of hydrogen-bond acceptors (Lipinski definition) is 7. The van der Waals surface area contributed by atoms with Gasteiger partial charge in [0.25, 0.3) is 20.0 Å². The summed E-state index contributed by atoms with van der Waals surface area (Å²) in [6.45, 7) is 1.17. The van der Waals surface area contributed by atoms with Gasteiger partial charge < -0.3 is 5.32 Å². The minimum absolute atomic E-state index is 0.0161. The molecule has 0 radical (unpaired) electrons. The molecule has 0 saturated carbocycles. The Kier molecular flexibility index (Phi) is 7.95. The molecule has 0 fully saturated rings. The van der Waals surface area contributed by atoms with Gasteiger partial charge in [-0.2, -0.15) is 0 Å². The molecule has 0 atom stereocenters. The normalized spacial score (nSPS) is 11.5. The van der Waals surface area contributed by atoms with E-state index in [1.54, 1.807) is 31.2 Å². The summed E-state index contributed by atoms with van der Waals surface area (Å²) in [5, 5.41) is 3.01. The van der Waals surface area contributed by atoms with Crippen molar-refractivity contribution in [2.75, 3.05) is 20.9 Å². The zero-order valence-corrected chi connectivity index (χ0v) is 22.3. The Hall–Kier alpha value is -4.00. The molecule has 1 aromatic heterocycles. The van der Waals surface area contributed by atoms with Crippen molar-refractivity contribution in [3.63, 3.8) is 0 Å². The molecule has 38 heavy (non-hydrogen) atoms. The predicted octanol–water partition coefficient (Wildman–Crippen LogP) is 4.07. The summed E-state index contributed by atoms with van der Waals surface area (Å²) in [4.78, 5) is 20.8. The fourth-order valence-corrected chi connectivity index (χ4v) is 5.89. The van der Waals surface area contributed by atoms with E-state index < -0.39 is 32.5 Å². The number of rotatable bonds is 9. The van der Waals surface area contributed by atoms with Crippen molar-refractivity contribution < 1.29 is 21.6 Å². The highest BCUT2D eigenvalue weighted by Gasteiger charge is 2.27. The van der Waals surface area contributed by atoms with Gasteiger partial charge in [0.1, 0.15) is 6.54 Å². The predicted molar refractivity (Wildman–Crippen MR) is 145 cm³/mol.